The lowest BCUT2D eigenvalue weighted by molar-refractivity contribution is -0.143. The summed E-state index contributed by atoms with van der Waals surface area (Å²) >= 11 is 0. The molecule has 5 heteroatoms. The molecular weight excluding hydrogens is 270 g/mol. The first-order chi connectivity index (χ1) is 9.90. The summed E-state index contributed by atoms with van der Waals surface area (Å²) < 4.78 is 0. The van der Waals surface area contributed by atoms with Crippen LogP contribution in [0.3, 0.4) is 0 Å². The normalized spacial score (nSPS) is 18.1. The molecule has 1 fully saturated rings. The highest BCUT2D eigenvalue weighted by Crippen LogP contribution is 2.37. The first-order valence-corrected chi connectivity index (χ1v) is 7.22. The van der Waals surface area contributed by atoms with Gasteiger partial charge >= 0.3 is 5.97 Å². The SMILES string of the molecule is CC1(C(=O)N[C@H](Cc2ccc(O)cc2)C(=O)O)CCCC1. The minimum absolute atomic E-state index is 0.133. The number of nitrogens with one attached hydrogen (secondary N) is 1. The fraction of sp³-hybridized carbons (Fsp3) is 0.500. The predicted octanol–water partition coefficient (Wildman–Crippen LogP) is 2.08. The number of rotatable bonds is 5. The molecule has 0 saturated heterocycles. The van der Waals surface area contributed by atoms with Crippen LogP contribution in [0.4, 0.5) is 0 Å². The second kappa shape index (κ2) is 6.16. The van der Waals surface area contributed by atoms with Crippen molar-refractivity contribution in [3.05, 3.63) is 29.8 Å². The van der Waals surface area contributed by atoms with Gasteiger partial charge in [0, 0.05) is 11.8 Å². The lowest BCUT2D eigenvalue weighted by Crippen LogP contribution is -2.47. The van der Waals surface area contributed by atoms with Crippen molar-refractivity contribution in [2.75, 3.05) is 0 Å². The number of carbonyl (C=O) groups is 2. The van der Waals surface area contributed by atoms with Crippen LogP contribution in [0.25, 0.3) is 0 Å². The number of hydrogen-bond acceptors (Lipinski definition) is 3. The Balaban J connectivity index is 2.04. The van der Waals surface area contributed by atoms with E-state index in [-0.39, 0.29) is 18.1 Å². The topological polar surface area (TPSA) is 86.6 Å². The van der Waals surface area contributed by atoms with E-state index in [1.807, 2.05) is 6.92 Å². The van der Waals surface area contributed by atoms with Crippen LogP contribution in [0, 0.1) is 5.41 Å². The fourth-order valence-corrected chi connectivity index (χ4v) is 2.78. The second-order valence-electron chi connectivity index (χ2n) is 6.00. The number of aliphatic carboxylic acids is 1. The monoisotopic (exact) mass is 291 g/mol. The van der Waals surface area contributed by atoms with Crippen LogP contribution in [0.1, 0.15) is 38.2 Å². The highest BCUT2D eigenvalue weighted by Gasteiger charge is 2.37. The van der Waals surface area contributed by atoms with Crippen molar-refractivity contribution in [1.82, 2.24) is 5.32 Å². The largest absolute Gasteiger partial charge is 0.508 e. The van der Waals surface area contributed by atoms with Crippen molar-refractivity contribution >= 4 is 11.9 Å². The number of benzene rings is 1. The number of phenols is 1. The summed E-state index contributed by atoms with van der Waals surface area (Å²) in [5.74, 6) is -1.09. The molecule has 0 spiro atoms. The molecule has 0 aliphatic heterocycles. The Morgan fingerprint density at radius 1 is 1.24 bits per heavy atom. The van der Waals surface area contributed by atoms with Crippen molar-refractivity contribution in [2.45, 2.75) is 45.1 Å². The van der Waals surface area contributed by atoms with E-state index in [2.05, 4.69) is 5.32 Å². The third-order valence-corrected chi connectivity index (χ3v) is 4.23. The van der Waals surface area contributed by atoms with Crippen LogP contribution in [-0.4, -0.2) is 28.1 Å². The van der Waals surface area contributed by atoms with E-state index in [9.17, 15) is 19.8 Å². The predicted molar refractivity (Wildman–Crippen MR) is 78.0 cm³/mol. The van der Waals surface area contributed by atoms with Gasteiger partial charge in [-0.05, 0) is 30.5 Å². The molecule has 1 aromatic carbocycles. The Hall–Kier alpha value is -2.04. The quantitative estimate of drug-likeness (QED) is 0.775. The fourth-order valence-electron chi connectivity index (χ4n) is 2.78. The Labute approximate surface area is 124 Å². The van der Waals surface area contributed by atoms with Crippen LogP contribution in [0.2, 0.25) is 0 Å². The molecule has 1 atom stereocenters. The van der Waals surface area contributed by atoms with E-state index in [1.165, 1.54) is 12.1 Å². The number of carboxylic acids is 1. The average Bonchev–Trinajstić information content (AvgIpc) is 2.88. The van der Waals surface area contributed by atoms with E-state index in [1.54, 1.807) is 12.1 Å². The molecule has 0 radical (unpaired) electrons. The van der Waals surface area contributed by atoms with Gasteiger partial charge in [0.05, 0.1) is 0 Å². The van der Waals surface area contributed by atoms with Gasteiger partial charge in [-0.25, -0.2) is 4.79 Å². The van der Waals surface area contributed by atoms with Crippen molar-refractivity contribution in [3.63, 3.8) is 0 Å². The van der Waals surface area contributed by atoms with Gasteiger partial charge in [-0.15, -0.1) is 0 Å². The van der Waals surface area contributed by atoms with Gasteiger partial charge in [0.2, 0.25) is 5.91 Å². The summed E-state index contributed by atoms with van der Waals surface area (Å²) in [6.07, 6.45) is 3.85. The van der Waals surface area contributed by atoms with E-state index >= 15 is 0 Å². The number of phenolic OH excluding ortho intramolecular Hbond substituents is 1. The van der Waals surface area contributed by atoms with Gasteiger partial charge in [-0.2, -0.15) is 0 Å². The number of carboxylic acid groups (broad SMARTS) is 1. The standard InChI is InChI=1S/C16H21NO4/c1-16(8-2-3-9-16)15(21)17-13(14(19)20)10-11-4-6-12(18)7-5-11/h4-7,13,18H,2-3,8-10H2,1H3,(H,17,21)(H,19,20)/t13-/m1/s1. The highest BCUT2D eigenvalue weighted by atomic mass is 16.4. The minimum atomic E-state index is -1.04. The summed E-state index contributed by atoms with van der Waals surface area (Å²) in [5, 5.41) is 21.2. The van der Waals surface area contributed by atoms with Gasteiger partial charge in [0.25, 0.3) is 0 Å². The molecule has 0 unspecified atom stereocenters. The smallest absolute Gasteiger partial charge is 0.326 e. The molecule has 0 bridgehead atoms. The summed E-state index contributed by atoms with van der Waals surface area (Å²) in [6, 6.07) is 5.39. The Bertz CT molecular complexity index is 518. The summed E-state index contributed by atoms with van der Waals surface area (Å²) in [4.78, 5) is 23.7. The van der Waals surface area contributed by atoms with Crippen LogP contribution in [0.15, 0.2) is 24.3 Å². The van der Waals surface area contributed by atoms with Crippen molar-refractivity contribution < 1.29 is 19.8 Å². The van der Waals surface area contributed by atoms with Gasteiger partial charge in [-0.1, -0.05) is 31.9 Å². The summed E-state index contributed by atoms with van der Waals surface area (Å²) in [5.41, 5.74) is 0.319. The maximum Gasteiger partial charge on any atom is 0.326 e. The maximum absolute atomic E-state index is 12.3. The molecule has 1 aliphatic carbocycles. The third-order valence-electron chi connectivity index (χ3n) is 4.23. The molecule has 1 saturated carbocycles. The third kappa shape index (κ3) is 3.74. The molecule has 114 valence electrons. The van der Waals surface area contributed by atoms with Crippen molar-refractivity contribution in [1.29, 1.82) is 0 Å². The summed E-state index contributed by atoms with van der Waals surface area (Å²) in [7, 11) is 0. The number of carbonyl (C=O) groups excluding carboxylic acids is 1. The van der Waals surface area contributed by atoms with E-state index < -0.39 is 17.4 Å². The Morgan fingerprint density at radius 3 is 2.33 bits per heavy atom. The molecular formula is C16H21NO4. The van der Waals surface area contributed by atoms with E-state index in [0.29, 0.717) is 0 Å². The Kier molecular flexibility index (Phi) is 4.50. The van der Waals surface area contributed by atoms with E-state index in [4.69, 9.17) is 0 Å². The molecule has 5 nitrogen and oxygen atoms in total. The molecule has 1 aromatic rings. The lowest BCUT2D eigenvalue weighted by Gasteiger charge is -2.25. The first kappa shape index (κ1) is 15.4. The van der Waals surface area contributed by atoms with Gasteiger partial charge in [0.15, 0.2) is 0 Å². The zero-order valence-corrected chi connectivity index (χ0v) is 12.1. The van der Waals surface area contributed by atoms with Crippen LogP contribution in [-0.2, 0) is 16.0 Å². The molecule has 0 aromatic heterocycles. The summed E-state index contributed by atoms with van der Waals surface area (Å²) in [6.45, 7) is 1.90. The maximum atomic E-state index is 12.3. The number of aromatic hydroxyl groups is 1. The lowest BCUT2D eigenvalue weighted by atomic mass is 9.87. The van der Waals surface area contributed by atoms with Crippen LogP contribution in [0.5, 0.6) is 5.75 Å². The molecule has 1 aliphatic rings. The second-order valence-corrected chi connectivity index (χ2v) is 6.00. The average molecular weight is 291 g/mol. The minimum Gasteiger partial charge on any atom is -0.508 e. The van der Waals surface area contributed by atoms with Gasteiger partial charge < -0.3 is 15.5 Å². The molecule has 0 heterocycles. The zero-order valence-electron chi connectivity index (χ0n) is 12.1. The van der Waals surface area contributed by atoms with Crippen molar-refractivity contribution in [3.8, 4) is 5.75 Å². The van der Waals surface area contributed by atoms with E-state index in [0.717, 1.165) is 31.2 Å². The molecule has 3 N–H and O–H groups in total. The van der Waals surface area contributed by atoms with Crippen LogP contribution >= 0.6 is 0 Å². The van der Waals surface area contributed by atoms with Gasteiger partial charge in [-0.3, -0.25) is 4.79 Å². The number of hydrogen-bond donors (Lipinski definition) is 3. The molecule has 21 heavy (non-hydrogen) atoms. The highest BCUT2D eigenvalue weighted by molar-refractivity contribution is 5.87. The van der Waals surface area contributed by atoms with Crippen molar-refractivity contribution in [2.24, 2.45) is 5.41 Å². The first-order valence-electron chi connectivity index (χ1n) is 7.22. The van der Waals surface area contributed by atoms with Crippen LogP contribution < -0.4 is 5.32 Å². The zero-order chi connectivity index (χ0) is 15.5. The molecule has 2 rings (SSSR count). The number of amides is 1. The van der Waals surface area contributed by atoms with Gasteiger partial charge in [0.1, 0.15) is 11.8 Å². The Morgan fingerprint density at radius 2 is 1.81 bits per heavy atom. The molecule has 1 amide bonds.